The summed E-state index contributed by atoms with van der Waals surface area (Å²) in [5, 5.41) is 0. The molecule has 0 unspecified atom stereocenters. The van der Waals surface area contributed by atoms with E-state index in [0.29, 0.717) is 35.1 Å². The molecule has 5 aromatic rings. The highest BCUT2D eigenvalue weighted by molar-refractivity contribution is 6.06. The SMILES string of the molecule is CN(CC(=O)N(CC(=O)N(C)c1ccccc1)c1cccc(OCC(N)=O)c1)C(=O)N(c1cccc(OCc2ccccc2)c1)c1cccc(N(C)C)c1. The van der Waals surface area contributed by atoms with Gasteiger partial charge in [-0.25, -0.2) is 4.79 Å². The molecule has 0 saturated carbocycles. The van der Waals surface area contributed by atoms with E-state index >= 15 is 0 Å². The number of urea groups is 1. The third-order valence-electron chi connectivity index (χ3n) is 8.44. The van der Waals surface area contributed by atoms with Crippen LogP contribution in [0.15, 0.2) is 133 Å². The molecule has 2 N–H and O–H groups in total. The predicted molar refractivity (Wildman–Crippen MR) is 211 cm³/mol. The lowest BCUT2D eigenvalue weighted by Crippen LogP contribution is -2.48. The number of para-hydroxylation sites is 1. The summed E-state index contributed by atoms with van der Waals surface area (Å²) in [6.07, 6.45) is 0. The molecule has 5 amide bonds. The lowest BCUT2D eigenvalue weighted by Gasteiger charge is -2.31. The number of rotatable bonds is 15. The molecule has 0 radical (unpaired) electrons. The van der Waals surface area contributed by atoms with Crippen molar-refractivity contribution >= 4 is 52.2 Å². The maximum absolute atomic E-state index is 14.5. The van der Waals surface area contributed by atoms with Crippen LogP contribution in [0.2, 0.25) is 0 Å². The summed E-state index contributed by atoms with van der Waals surface area (Å²) in [5.74, 6) is -0.737. The molecule has 54 heavy (non-hydrogen) atoms. The lowest BCUT2D eigenvalue weighted by atomic mass is 10.2. The van der Waals surface area contributed by atoms with E-state index in [2.05, 4.69) is 0 Å². The molecular weight excluding hydrogens is 684 g/mol. The van der Waals surface area contributed by atoms with Crippen LogP contribution < -0.4 is 34.8 Å². The number of anilines is 5. The van der Waals surface area contributed by atoms with Gasteiger partial charge < -0.3 is 34.8 Å². The first-order chi connectivity index (χ1) is 26.0. The zero-order chi connectivity index (χ0) is 38.6. The van der Waals surface area contributed by atoms with Crippen LogP contribution in [-0.2, 0) is 21.0 Å². The molecule has 0 atom stereocenters. The molecule has 0 aliphatic rings. The molecular formula is C42H44N6O6. The summed E-state index contributed by atoms with van der Waals surface area (Å²) in [6.45, 7) is -0.762. The number of benzene rings is 5. The molecule has 12 heteroatoms. The van der Waals surface area contributed by atoms with Gasteiger partial charge in [0, 0.05) is 57.4 Å². The molecule has 0 aromatic heterocycles. The van der Waals surface area contributed by atoms with Gasteiger partial charge in [-0.05, 0) is 60.2 Å². The lowest BCUT2D eigenvalue weighted by molar-refractivity contribution is -0.122. The van der Waals surface area contributed by atoms with Crippen molar-refractivity contribution in [2.75, 3.05) is 67.5 Å². The molecule has 0 fully saturated rings. The van der Waals surface area contributed by atoms with Crippen molar-refractivity contribution in [1.82, 2.24) is 4.90 Å². The number of carbonyl (C=O) groups excluding carboxylic acids is 4. The largest absolute Gasteiger partial charge is 0.489 e. The number of likely N-dealkylation sites (N-methyl/N-ethyl adjacent to an activating group) is 2. The van der Waals surface area contributed by atoms with Gasteiger partial charge in [0.25, 0.3) is 5.91 Å². The Labute approximate surface area is 315 Å². The van der Waals surface area contributed by atoms with Crippen molar-refractivity contribution in [3.8, 4) is 11.5 Å². The molecule has 5 aromatic carbocycles. The molecule has 5 rings (SSSR count). The van der Waals surface area contributed by atoms with E-state index in [9.17, 15) is 19.2 Å². The molecule has 0 saturated heterocycles. The van der Waals surface area contributed by atoms with Gasteiger partial charge in [-0.3, -0.25) is 19.3 Å². The molecule has 0 aliphatic carbocycles. The van der Waals surface area contributed by atoms with Gasteiger partial charge in [0.2, 0.25) is 11.8 Å². The van der Waals surface area contributed by atoms with E-state index in [4.69, 9.17) is 15.2 Å². The standard InChI is InChI=1S/C42H44N6O6/c1-44(2)33-18-11-20-35(24-33)48(36-21-13-23-38(26-36)53-29-31-14-7-5-8-15-31)42(52)45(3)27-41(51)47(28-40(50)46(4)32-16-9-6-10-17-32)34-19-12-22-37(25-34)54-30-39(43)49/h5-26H,27-30H2,1-4H3,(H2,43,49). The highest BCUT2D eigenvalue weighted by Crippen LogP contribution is 2.32. The Hall–Kier alpha value is -6.82. The van der Waals surface area contributed by atoms with Crippen molar-refractivity contribution in [2.24, 2.45) is 5.73 Å². The van der Waals surface area contributed by atoms with E-state index in [-0.39, 0.29) is 31.4 Å². The topological polar surface area (TPSA) is 129 Å². The van der Waals surface area contributed by atoms with Crippen LogP contribution in [0, 0.1) is 0 Å². The van der Waals surface area contributed by atoms with Crippen LogP contribution in [0.3, 0.4) is 0 Å². The first-order valence-corrected chi connectivity index (χ1v) is 17.2. The number of ether oxygens (including phenoxy) is 2. The van der Waals surface area contributed by atoms with Gasteiger partial charge >= 0.3 is 6.03 Å². The minimum Gasteiger partial charge on any atom is -0.489 e. The average molecular weight is 729 g/mol. The minimum atomic E-state index is -0.665. The molecule has 0 spiro atoms. The number of nitrogens with two attached hydrogens (primary N) is 1. The van der Waals surface area contributed by atoms with Crippen molar-refractivity contribution in [3.63, 3.8) is 0 Å². The smallest absolute Gasteiger partial charge is 0.329 e. The predicted octanol–water partition coefficient (Wildman–Crippen LogP) is 6.08. The third kappa shape index (κ3) is 10.2. The van der Waals surface area contributed by atoms with Crippen LogP contribution in [-0.4, -0.2) is 76.5 Å². The van der Waals surface area contributed by atoms with Gasteiger partial charge in [0.1, 0.15) is 31.2 Å². The summed E-state index contributed by atoms with van der Waals surface area (Å²) >= 11 is 0. The first kappa shape index (κ1) is 38.4. The van der Waals surface area contributed by atoms with Gasteiger partial charge in [0.15, 0.2) is 6.61 Å². The number of hydrogen-bond acceptors (Lipinski definition) is 7. The summed E-state index contributed by atoms with van der Waals surface area (Å²) in [4.78, 5) is 61.3. The Morgan fingerprint density at radius 2 is 1.09 bits per heavy atom. The maximum atomic E-state index is 14.5. The second-order valence-corrected chi connectivity index (χ2v) is 12.7. The Balaban J connectivity index is 1.44. The third-order valence-corrected chi connectivity index (χ3v) is 8.44. The van der Waals surface area contributed by atoms with E-state index < -0.39 is 17.8 Å². The maximum Gasteiger partial charge on any atom is 0.329 e. The summed E-state index contributed by atoms with van der Waals surface area (Å²) in [6, 6.07) is 39.4. The second-order valence-electron chi connectivity index (χ2n) is 12.7. The van der Waals surface area contributed by atoms with Gasteiger partial charge in [0.05, 0.1) is 11.4 Å². The van der Waals surface area contributed by atoms with Gasteiger partial charge in [-0.2, -0.15) is 0 Å². The highest BCUT2D eigenvalue weighted by atomic mass is 16.5. The summed E-state index contributed by atoms with van der Waals surface area (Å²) < 4.78 is 11.6. The van der Waals surface area contributed by atoms with Crippen molar-refractivity contribution in [1.29, 1.82) is 0 Å². The first-order valence-electron chi connectivity index (χ1n) is 17.2. The van der Waals surface area contributed by atoms with Crippen LogP contribution >= 0.6 is 0 Å². The molecule has 0 heterocycles. The molecule has 0 aliphatic heterocycles. The van der Waals surface area contributed by atoms with Crippen LogP contribution in [0.5, 0.6) is 11.5 Å². The zero-order valence-electron chi connectivity index (χ0n) is 30.8. The Morgan fingerprint density at radius 1 is 0.556 bits per heavy atom. The monoisotopic (exact) mass is 728 g/mol. The Bertz CT molecular complexity index is 2060. The van der Waals surface area contributed by atoms with Crippen molar-refractivity contribution in [2.45, 2.75) is 6.61 Å². The quantitative estimate of drug-likeness (QED) is 0.138. The zero-order valence-corrected chi connectivity index (χ0v) is 30.8. The van der Waals surface area contributed by atoms with Gasteiger partial charge in [-0.15, -0.1) is 0 Å². The van der Waals surface area contributed by atoms with E-state index in [1.54, 1.807) is 61.6 Å². The van der Waals surface area contributed by atoms with Crippen molar-refractivity contribution < 1.29 is 28.7 Å². The van der Waals surface area contributed by atoms with Crippen LogP contribution in [0.25, 0.3) is 0 Å². The summed E-state index contributed by atoms with van der Waals surface area (Å²) in [7, 11) is 6.97. The molecule has 0 bridgehead atoms. The van der Waals surface area contributed by atoms with Crippen LogP contribution in [0.4, 0.5) is 33.2 Å². The van der Waals surface area contributed by atoms with Crippen LogP contribution in [0.1, 0.15) is 5.56 Å². The van der Waals surface area contributed by atoms with E-state index in [1.165, 1.54) is 26.6 Å². The number of nitrogens with zero attached hydrogens (tertiary/aromatic N) is 5. The highest BCUT2D eigenvalue weighted by Gasteiger charge is 2.28. The van der Waals surface area contributed by atoms with E-state index in [0.717, 1.165) is 11.3 Å². The fourth-order valence-corrected chi connectivity index (χ4v) is 5.52. The van der Waals surface area contributed by atoms with E-state index in [1.807, 2.05) is 97.9 Å². The number of hydrogen-bond donors (Lipinski definition) is 1. The van der Waals surface area contributed by atoms with Gasteiger partial charge in [-0.1, -0.05) is 66.7 Å². The second kappa shape index (κ2) is 18.1. The number of primary amides is 1. The number of carbonyl (C=O) groups is 4. The average Bonchev–Trinajstić information content (AvgIpc) is 3.19. The normalized spacial score (nSPS) is 10.5. The number of amides is 5. The molecule has 12 nitrogen and oxygen atoms in total. The Kier molecular flexibility index (Phi) is 12.9. The van der Waals surface area contributed by atoms with Crippen molar-refractivity contribution in [3.05, 3.63) is 139 Å². The fraction of sp³-hybridized carbons (Fsp3) is 0.190. The fourth-order valence-electron chi connectivity index (χ4n) is 5.52. The minimum absolute atomic E-state index is 0.277. The Morgan fingerprint density at radius 3 is 1.74 bits per heavy atom. The summed E-state index contributed by atoms with van der Waals surface area (Å²) in [5.41, 5.74) is 9.21. The molecule has 278 valence electrons.